The van der Waals surface area contributed by atoms with E-state index < -0.39 is 0 Å². The van der Waals surface area contributed by atoms with Crippen LogP contribution in [0.2, 0.25) is 0 Å². The highest BCUT2D eigenvalue weighted by atomic mass is 32.1. The van der Waals surface area contributed by atoms with E-state index in [0.29, 0.717) is 24.1 Å². The SMILES string of the molecule is CCC(=O)N1N=C(c2c(C)c3ccsc3[nH]c2=O)CC1c1ccc(=O)[nH]c1. The maximum absolute atomic E-state index is 12.7. The third-order valence-electron chi connectivity index (χ3n) is 4.85. The number of amides is 1. The maximum Gasteiger partial charge on any atom is 0.258 e. The van der Waals surface area contributed by atoms with Gasteiger partial charge in [-0.2, -0.15) is 5.10 Å². The van der Waals surface area contributed by atoms with Gasteiger partial charge in [0.05, 0.1) is 17.3 Å². The molecule has 0 aromatic carbocycles. The van der Waals surface area contributed by atoms with Gasteiger partial charge in [-0.3, -0.25) is 14.4 Å². The standard InChI is InChI=1S/C19H18N4O3S/c1-3-16(25)23-14(11-4-5-15(24)20-9-11)8-13(22-23)17-10(2)12-6-7-27-19(12)21-18(17)26/h4-7,9,14H,3,8H2,1-2H3,(H,20,24)(H,21,26). The summed E-state index contributed by atoms with van der Waals surface area (Å²) in [7, 11) is 0. The lowest BCUT2D eigenvalue weighted by Gasteiger charge is -2.21. The monoisotopic (exact) mass is 382 g/mol. The molecule has 27 heavy (non-hydrogen) atoms. The normalized spacial score (nSPS) is 16.7. The molecule has 0 spiro atoms. The van der Waals surface area contributed by atoms with Crippen LogP contribution in [0.4, 0.5) is 0 Å². The molecule has 1 atom stereocenters. The van der Waals surface area contributed by atoms with Crippen LogP contribution in [0.1, 0.15) is 42.5 Å². The van der Waals surface area contributed by atoms with Crippen molar-refractivity contribution in [1.82, 2.24) is 15.0 Å². The Morgan fingerprint density at radius 3 is 2.85 bits per heavy atom. The maximum atomic E-state index is 12.7. The van der Waals surface area contributed by atoms with Gasteiger partial charge in [-0.25, -0.2) is 5.01 Å². The minimum Gasteiger partial charge on any atom is -0.329 e. The second-order valence-electron chi connectivity index (χ2n) is 6.46. The molecule has 2 N–H and O–H groups in total. The first-order valence-corrected chi connectivity index (χ1v) is 9.56. The van der Waals surface area contributed by atoms with Gasteiger partial charge in [0.2, 0.25) is 11.5 Å². The molecule has 4 heterocycles. The van der Waals surface area contributed by atoms with E-state index in [0.717, 1.165) is 21.3 Å². The Bertz CT molecular complexity index is 1170. The average molecular weight is 382 g/mol. The molecule has 0 saturated carbocycles. The van der Waals surface area contributed by atoms with Crippen molar-refractivity contribution in [3.8, 4) is 0 Å². The minimum atomic E-state index is -0.346. The number of carbonyl (C=O) groups is 1. The molecule has 1 aliphatic rings. The predicted molar refractivity (Wildman–Crippen MR) is 105 cm³/mol. The number of rotatable bonds is 3. The minimum absolute atomic E-state index is 0.133. The molecule has 1 aliphatic heterocycles. The first kappa shape index (κ1) is 17.4. The number of nitrogens with zero attached hydrogens (tertiary/aromatic N) is 2. The Morgan fingerprint density at radius 1 is 1.33 bits per heavy atom. The number of pyridine rings is 2. The Kier molecular flexibility index (Phi) is 4.27. The molecular weight excluding hydrogens is 364 g/mol. The second-order valence-corrected chi connectivity index (χ2v) is 7.38. The van der Waals surface area contributed by atoms with Gasteiger partial charge < -0.3 is 9.97 Å². The molecule has 7 nitrogen and oxygen atoms in total. The summed E-state index contributed by atoms with van der Waals surface area (Å²) in [6, 6.07) is 4.74. The van der Waals surface area contributed by atoms with Crippen LogP contribution >= 0.6 is 11.3 Å². The topological polar surface area (TPSA) is 98.4 Å². The van der Waals surface area contributed by atoms with Crippen LogP contribution in [-0.4, -0.2) is 26.6 Å². The van der Waals surface area contributed by atoms with Crippen molar-refractivity contribution < 1.29 is 4.79 Å². The first-order valence-electron chi connectivity index (χ1n) is 8.68. The molecule has 1 amide bonds. The highest BCUT2D eigenvalue weighted by molar-refractivity contribution is 7.16. The van der Waals surface area contributed by atoms with Gasteiger partial charge in [-0.15, -0.1) is 11.3 Å². The van der Waals surface area contributed by atoms with Crippen molar-refractivity contribution in [1.29, 1.82) is 0 Å². The number of aromatic nitrogens is 2. The van der Waals surface area contributed by atoms with E-state index in [2.05, 4.69) is 15.1 Å². The number of H-pyrrole nitrogens is 2. The second kappa shape index (κ2) is 6.62. The fourth-order valence-corrected chi connectivity index (χ4v) is 4.30. The van der Waals surface area contributed by atoms with Crippen molar-refractivity contribution in [2.75, 3.05) is 0 Å². The number of aromatic amines is 2. The Balaban J connectivity index is 1.82. The number of hydrazone groups is 1. The van der Waals surface area contributed by atoms with Gasteiger partial charge in [-0.1, -0.05) is 6.92 Å². The number of hydrogen-bond donors (Lipinski definition) is 2. The van der Waals surface area contributed by atoms with E-state index in [1.54, 1.807) is 19.2 Å². The van der Waals surface area contributed by atoms with Gasteiger partial charge in [0.1, 0.15) is 4.83 Å². The van der Waals surface area contributed by atoms with Crippen LogP contribution < -0.4 is 11.1 Å². The molecule has 0 fully saturated rings. The molecule has 138 valence electrons. The van der Waals surface area contributed by atoms with Crippen molar-refractivity contribution in [2.24, 2.45) is 5.10 Å². The van der Waals surface area contributed by atoms with Crippen LogP contribution in [0.5, 0.6) is 0 Å². The first-order chi connectivity index (χ1) is 13.0. The van der Waals surface area contributed by atoms with Gasteiger partial charge in [-0.05, 0) is 35.6 Å². The molecule has 0 aliphatic carbocycles. The number of nitrogens with one attached hydrogen (secondary N) is 2. The van der Waals surface area contributed by atoms with Crippen molar-refractivity contribution in [3.63, 3.8) is 0 Å². The van der Waals surface area contributed by atoms with E-state index in [-0.39, 0.29) is 23.1 Å². The van der Waals surface area contributed by atoms with E-state index in [9.17, 15) is 14.4 Å². The molecule has 3 aromatic heterocycles. The van der Waals surface area contributed by atoms with Crippen molar-refractivity contribution in [2.45, 2.75) is 32.7 Å². The van der Waals surface area contributed by atoms with Gasteiger partial charge >= 0.3 is 0 Å². The molecule has 8 heteroatoms. The number of aryl methyl sites for hydroxylation is 1. The molecule has 0 bridgehead atoms. The van der Waals surface area contributed by atoms with Crippen LogP contribution in [0.15, 0.2) is 44.5 Å². The zero-order chi connectivity index (χ0) is 19.1. The third-order valence-corrected chi connectivity index (χ3v) is 5.68. The molecule has 3 aromatic rings. The Labute approximate surface area is 158 Å². The quantitative estimate of drug-likeness (QED) is 0.728. The third kappa shape index (κ3) is 2.91. The molecule has 4 rings (SSSR count). The van der Waals surface area contributed by atoms with Crippen LogP contribution in [0.3, 0.4) is 0 Å². The van der Waals surface area contributed by atoms with Crippen LogP contribution in [0, 0.1) is 6.92 Å². The smallest absolute Gasteiger partial charge is 0.258 e. The number of hydrogen-bond acceptors (Lipinski definition) is 5. The van der Waals surface area contributed by atoms with Gasteiger partial charge in [0, 0.05) is 30.5 Å². The molecule has 0 radical (unpaired) electrons. The molecule has 0 saturated heterocycles. The van der Waals surface area contributed by atoms with E-state index in [1.165, 1.54) is 22.4 Å². The van der Waals surface area contributed by atoms with Crippen molar-refractivity contribution >= 4 is 33.2 Å². The Morgan fingerprint density at radius 2 is 2.15 bits per heavy atom. The van der Waals surface area contributed by atoms with Crippen LogP contribution in [0.25, 0.3) is 10.2 Å². The summed E-state index contributed by atoms with van der Waals surface area (Å²) in [5, 5.41) is 8.86. The Hall–Kier alpha value is -3.00. The van der Waals surface area contributed by atoms with Crippen molar-refractivity contribution in [3.05, 3.63) is 67.2 Å². The highest BCUT2D eigenvalue weighted by Crippen LogP contribution is 2.33. The van der Waals surface area contributed by atoms with E-state index in [4.69, 9.17) is 0 Å². The lowest BCUT2D eigenvalue weighted by Crippen LogP contribution is -2.26. The largest absolute Gasteiger partial charge is 0.329 e. The van der Waals surface area contributed by atoms with E-state index in [1.807, 2.05) is 18.4 Å². The summed E-state index contributed by atoms with van der Waals surface area (Å²) in [4.78, 5) is 42.9. The lowest BCUT2D eigenvalue weighted by molar-refractivity contribution is -0.132. The summed E-state index contributed by atoms with van der Waals surface area (Å²) in [5.41, 5.74) is 2.33. The fraction of sp³-hybridized carbons (Fsp3) is 0.263. The van der Waals surface area contributed by atoms with Crippen LogP contribution in [-0.2, 0) is 4.79 Å². The average Bonchev–Trinajstić information content (AvgIpc) is 3.29. The zero-order valence-electron chi connectivity index (χ0n) is 14.9. The fourth-order valence-electron chi connectivity index (χ4n) is 3.46. The predicted octanol–water partition coefficient (Wildman–Crippen LogP) is 2.67. The number of fused-ring (bicyclic) bond motifs is 1. The molecule has 1 unspecified atom stereocenters. The summed E-state index contributed by atoms with van der Waals surface area (Å²) in [6.07, 6.45) is 2.31. The summed E-state index contributed by atoms with van der Waals surface area (Å²) >= 11 is 1.48. The van der Waals surface area contributed by atoms with E-state index >= 15 is 0 Å². The lowest BCUT2D eigenvalue weighted by atomic mass is 9.97. The van der Waals surface area contributed by atoms with Gasteiger partial charge in [0.25, 0.3) is 5.56 Å². The summed E-state index contributed by atoms with van der Waals surface area (Å²) < 4.78 is 0. The van der Waals surface area contributed by atoms with Gasteiger partial charge in [0.15, 0.2) is 0 Å². The number of carbonyl (C=O) groups excluding carboxylic acids is 1. The molecular formula is C19H18N4O3S. The highest BCUT2D eigenvalue weighted by Gasteiger charge is 2.34. The summed E-state index contributed by atoms with van der Waals surface area (Å²) in [5.74, 6) is -0.133. The zero-order valence-corrected chi connectivity index (χ0v) is 15.7. The number of thiophene rings is 1. The summed E-state index contributed by atoms with van der Waals surface area (Å²) in [6.45, 7) is 3.68.